The van der Waals surface area contributed by atoms with E-state index in [2.05, 4.69) is 22.5 Å². The largest absolute Gasteiger partial charge is 0.370 e. The van der Waals surface area contributed by atoms with Gasteiger partial charge in [0.1, 0.15) is 5.82 Å². The summed E-state index contributed by atoms with van der Waals surface area (Å²) in [5, 5.41) is 6.12. The molecule has 0 spiro atoms. The molecule has 1 heterocycles. The van der Waals surface area contributed by atoms with Crippen LogP contribution in [-0.2, 0) is 0 Å². The van der Waals surface area contributed by atoms with Crippen molar-refractivity contribution in [3.63, 3.8) is 0 Å². The Bertz CT molecular complexity index is 385. The maximum Gasteiger partial charge on any atom is 0.252 e. The minimum Gasteiger partial charge on any atom is -0.370 e. The molecular formula is C14H21N3O. The second-order valence-corrected chi connectivity index (χ2v) is 4.85. The molecule has 1 amide bonds. The number of amides is 1. The summed E-state index contributed by atoms with van der Waals surface area (Å²) in [5.74, 6) is 1.65. The molecule has 1 fully saturated rings. The molecule has 0 unspecified atom stereocenters. The van der Waals surface area contributed by atoms with Gasteiger partial charge in [-0.25, -0.2) is 4.98 Å². The van der Waals surface area contributed by atoms with Crippen LogP contribution in [0.2, 0.25) is 0 Å². The molecule has 2 N–H and O–H groups in total. The summed E-state index contributed by atoms with van der Waals surface area (Å²) >= 11 is 0. The number of pyridine rings is 1. The third kappa shape index (κ3) is 4.02. The Morgan fingerprint density at radius 2 is 2.22 bits per heavy atom. The molecule has 1 aromatic heterocycles. The maximum absolute atomic E-state index is 11.8. The number of hydrogen-bond donors (Lipinski definition) is 2. The minimum atomic E-state index is -0.0230. The van der Waals surface area contributed by atoms with Crippen LogP contribution in [0, 0.1) is 5.92 Å². The van der Waals surface area contributed by atoms with E-state index >= 15 is 0 Å². The zero-order valence-electron chi connectivity index (χ0n) is 10.9. The lowest BCUT2D eigenvalue weighted by Gasteiger charge is -2.06. The summed E-state index contributed by atoms with van der Waals surface area (Å²) in [6, 6.07) is 3.67. The van der Waals surface area contributed by atoms with Gasteiger partial charge in [-0.2, -0.15) is 0 Å². The van der Waals surface area contributed by atoms with Gasteiger partial charge < -0.3 is 10.6 Å². The summed E-state index contributed by atoms with van der Waals surface area (Å²) in [5.41, 5.74) is 0.632. The molecule has 98 valence electrons. The van der Waals surface area contributed by atoms with Crippen molar-refractivity contribution in [2.45, 2.75) is 32.6 Å². The molecule has 1 aliphatic carbocycles. The van der Waals surface area contributed by atoms with E-state index < -0.39 is 0 Å². The number of carbonyl (C=O) groups is 1. The first-order valence-electron chi connectivity index (χ1n) is 6.77. The van der Waals surface area contributed by atoms with Gasteiger partial charge >= 0.3 is 0 Å². The van der Waals surface area contributed by atoms with Crippen LogP contribution in [0.3, 0.4) is 0 Å². The maximum atomic E-state index is 11.8. The molecule has 0 radical (unpaired) electrons. The number of nitrogens with zero attached hydrogens (tertiary/aromatic N) is 1. The first-order chi connectivity index (χ1) is 8.79. The zero-order chi connectivity index (χ0) is 12.8. The fraction of sp³-hybridized carbons (Fsp3) is 0.571. The Labute approximate surface area is 108 Å². The van der Waals surface area contributed by atoms with Crippen molar-refractivity contribution in [3.8, 4) is 0 Å². The van der Waals surface area contributed by atoms with Crippen LogP contribution < -0.4 is 10.6 Å². The highest BCUT2D eigenvalue weighted by molar-refractivity contribution is 5.94. The smallest absolute Gasteiger partial charge is 0.252 e. The van der Waals surface area contributed by atoms with Crippen LogP contribution >= 0.6 is 0 Å². The van der Waals surface area contributed by atoms with Crippen LogP contribution in [0.15, 0.2) is 18.3 Å². The van der Waals surface area contributed by atoms with E-state index in [-0.39, 0.29) is 5.91 Å². The van der Waals surface area contributed by atoms with Crippen LogP contribution in [-0.4, -0.2) is 24.0 Å². The quantitative estimate of drug-likeness (QED) is 0.778. The predicted octanol–water partition coefficient (Wildman–Crippen LogP) is 2.43. The lowest BCUT2D eigenvalue weighted by atomic mass is 10.2. The van der Waals surface area contributed by atoms with E-state index in [1.165, 1.54) is 12.8 Å². The molecule has 0 atom stereocenters. The van der Waals surface area contributed by atoms with Crippen molar-refractivity contribution in [1.82, 2.24) is 10.3 Å². The molecule has 1 aromatic rings. The molecule has 0 aromatic carbocycles. The van der Waals surface area contributed by atoms with Gasteiger partial charge in [-0.1, -0.05) is 19.8 Å². The highest BCUT2D eigenvalue weighted by atomic mass is 16.1. The molecule has 4 heteroatoms. The van der Waals surface area contributed by atoms with E-state index in [9.17, 15) is 4.79 Å². The number of hydrogen-bond acceptors (Lipinski definition) is 3. The number of carbonyl (C=O) groups excluding carboxylic acids is 1. The normalized spacial score (nSPS) is 14.3. The van der Waals surface area contributed by atoms with Gasteiger partial charge in [0.2, 0.25) is 0 Å². The standard InChI is InChI=1S/C14H21N3O/c1-2-8-15-13-6-5-12(10-17-13)14(18)16-9-7-11-3-4-11/h5-6,10-11H,2-4,7-9H2,1H3,(H,15,17)(H,16,18). The van der Waals surface area contributed by atoms with E-state index in [0.29, 0.717) is 5.56 Å². The Morgan fingerprint density at radius 3 is 2.83 bits per heavy atom. The predicted molar refractivity (Wildman–Crippen MR) is 72.7 cm³/mol. The molecule has 2 rings (SSSR count). The van der Waals surface area contributed by atoms with Gasteiger partial charge in [0.25, 0.3) is 5.91 Å². The molecule has 0 bridgehead atoms. The molecule has 4 nitrogen and oxygen atoms in total. The van der Waals surface area contributed by atoms with Gasteiger partial charge in [0, 0.05) is 19.3 Å². The Hall–Kier alpha value is -1.58. The van der Waals surface area contributed by atoms with Crippen LogP contribution in [0.4, 0.5) is 5.82 Å². The average molecular weight is 247 g/mol. The molecule has 18 heavy (non-hydrogen) atoms. The summed E-state index contributed by atoms with van der Waals surface area (Å²) in [4.78, 5) is 16.0. The second-order valence-electron chi connectivity index (χ2n) is 4.85. The molecule has 1 saturated carbocycles. The Kier molecular flexibility index (Phi) is 4.56. The van der Waals surface area contributed by atoms with Crippen molar-refractivity contribution in [3.05, 3.63) is 23.9 Å². The summed E-state index contributed by atoms with van der Waals surface area (Å²) in [6.45, 7) is 3.79. The fourth-order valence-corrected chi connectivity index (χ4v) is 1.78. The highest BCUT2D eigenvalue weighted by Gasteiger charge is 2.20. The third-order valence-corrected chi connectivity index (χ3v) is 3.12. The monoisotopic (exact) mass is 247 g/mol. The van der Waals surface area contributed by atoms with Crippen LogP contribution in [0.5, 0.6) is 0 Å². The summed E-state index contributed by atoms with van der Waals surface area (Å²) in [6.07, 6.45) is 6.45. The van der Waals surface area contributed by atoms with Gasteiger partial charge in [0.15, 0.2) is 0 Å². The van der Waals surface area contributed by atoms with Gasteiger partial charge in [-0.3, -0.25) is 4.79 Å². The summed E-state index contributed by atoms with van der Waals surface area (Å²) < 4.78 is 0. The zero-order valence-corrected chi connectivity index (χ0v) is 10.9. The van der Waals surface area contributed by atoms with Crippen LogP contribution in [0.25, 0.3) is 0 Å². The molecule has 0 saturated heterocycles. The van der Waals surface area contributed by atoms with Gasteiger partial charge in [-0.15, -0.1) is 0 Å². The van der Waals surface area contributed by atoms with Crippen molar-refractivity contribution < 1.29 is 4.79 Å². The highest BCUT2D eigenvalue weighted by Crippen LogP contribution is 2.31. The van der Waals surface area contributed by atoms with Crippen LogP contribution in [0.1, 0.15) is 43.0 Å². The Balaban J connectivity index is 1.77. The van der Waals surface area contributed by atoms with Crippen molar-refractivity contribution in [2.75, 3.05) is 18.4 Å². The second kappa shape index (κ2) is 6.38. The lowest BCUT2D eigenvalue weighted by Crippen LogP contribution is -2.24. The number of anilines is 1. The van der Waals surface area contributed by atoms with E-state index in [0.717, 1.165) is 37.7 Å². The minimum absolute atomic E-state index is 0.0230. The topological polar surface area (TPSA) is 54.0 Å². The lowest BCUT2D eigenvalue weighted by molar-refractivity contribution is 0.0952. The molecule has 0 aliphatic heterocycles. The first-order valence-corrected chi connectivity index (χ1v) is 6.77. The Morgan fingerprint density at radius 1 is 1.39 bits per heavy atom. The van der Waals surface area contributed by atoms with E-state index in [1.807, 2.05) is 12.1 Å². The van der Waals surface area contributed by atoms with Crippen molar-refractivity contribution in [1.29, 1.82) is 0 Å². The van der Waals surface area contributed by atoms with Crippen molar-refractivity contribution in [2.24, 2.45) is 5.92 Å². The fourth-order valence-electron chi connectivity index (χ4n) is 1.78. The molecular weight excluding hydrogens is 226 g/mol. The SMILES string of the molecule is CCCNc1ccc(C(=O)NCCC2CC2)cn1. The average Bonchev–Trinajstić information content (AvgIpc) is 3.21. The number of aromatic nitrogens is 1. The third-order valence-electron chi connectivity index (χ3n) is 3.12. The number of nitrogens with one attached hydrogen (secondary N) is 2. The molecule has 1 aliphatic rings. The van der Waals surface area contributed by atoms with E-state index in [1.54, 1.807) is 6.20 Å². The first kappa shape index (κ1) is 12.9. The van der Waals surface area contributed by atoms with Gasteiger partial charge in [0.05, 0.1) is 5.56 Å². The van der Waals surface area contributed by atoms with Crippen molar-refractivity contribution >= 4 is 11.7 Å². The van der Waals surface area contributed by atoms with Gasteiger partial charge in [-0.05, 0) is 30.9 Å². The number of rotatable bonds is 7. The van der Waals surface area contributed by atoms with E-state index in [4.69, 9.17) is 0 Å². The summed E-state index contributed by atoms with van der Waals surface area (Å²) in [7, 11) is 0.